The number of benzene rings is 1. The first-order chi connectivity index (χ1) is 7.70. The molecule has 5 nitrogen and oxygen atoms in total. The van der Waals surface area contributed by atoms with Crippen LogP contribution in [-0.2, 0) is 4.74 Å². The minimum atomic E-state index is -0.376. The van der Waals surface area contributed by atoms with Crippen LogP contribution < -0.4 is 10.6 Å². The normalized spacial score (nSPS) is 18.8. The Morgan fingerprint density at radius 1 is 1.50 bits per heavy atom. The summed E-state index contributed by atoms with van der Waals surface area (Å²) in [6, 6.07) is 6.77. The van der Waals surface area contributed by atoms with E-state index in [4.69, 9.17) is 0 Å². The monoisotopic (exact) mass is 220 g/mol. The van der Waals surface area contributed by atoms with Gasteiger partial charge in [0.05, 0.1) is 18.7 Å². The molecule has 1 fully saturated rings. The first-order valence-corrected chi connectivity index (χ1v) is 4.93. The number of nitrogens with one attached hydrogen (secondary N) is 2. The van der Waals surface area contributed by atoms with Crippen LogP contribution in [-0.4, -0.2) is 25.7 Å². The highest BCUT2D eigenvalue weighted by Crippen LogP contribution is 2.17. The molecular formula is C11H12N2O3. The van der Waals surface area contributed by atoms with Gasteiger partial charge in [-0.25, -0.2) is 9.59 Å². The molecule has 0 saturated carbocycles. The molecule has 84 valence electrons. The third-order valence-corrected chi connectivity index (χ3v) is 2.48. The van der Waals surface area contributed by atoms with E-state index >= 15 is 0 Å². The average molecular weight is 220 g/mol. The Hall–Kier alpha value is -2.04. The Balaban J connectivity index is 2.22. The van der Waals surface area contributed by atoms with E-state index in [9.17, 15) is 9.59 Å². The molecule has 1 aliphatic heterocycles. The number of methoxy groups -OCH3 is 1. The molecule has 2 amide bonds. The third kappa shape index (κ3) is 1.98. The van der Waals surface area contributed by atoms with Gasteiger partial charge in [-0.2, -0.15) is 0 Å². The fraction of sp³-hybridized carbons (Fsp3) is 0.273. The van der Waals surface area contributed by atoms with E-state index in [0.29, 0.717) is 12.1 Å². The van der Waals surface area contributed by atoms with Crippen molar-refractivity contribution < 1.29 is 14.3 Å². The molecule has 0 aromatic heterocycles. The van der Waals surface area contributed by atoms with E-state index in [1.165, 1.54) is 7.11 Å². The van der Waals surface area contributed by atoms with Gasteiger partial charge in [-0.1, -0.05) is 12.1 Å². The third-order valence-electron chi connectivity index (χ3n) is 2.48. The van der Waals surface area contributed by atoms with E-state index in [0.717, 1.165) is 5.56 Å². The molecule has 2 rings (SSSR count). The van der Waals surface area contributed by atoms with Crippen molar-refractivity contribution in [2.45, 2.75) is 6.04 Å². The highest BCUT2D eigenvalue weighted by molar-refractivity contribution is 5.89. The Morgan fingerprint density at radius 2 is 2.31 bits per heavy atom. The maximum atomic E-state index is 11.3. The lowest BCUT2D eigenvalue weighted by atomic mass is 10.0. The lowest BCUT2D eigenvalue weighted by Gasteiger charge is -2.09. The number of carbonyl (C=O) groups excluding carboxylic acids is 2. The molecule has 1 aliphatic rings. The second-order valence-electron chi connectivity index (χ2n) is 3.52. The Kier molecular flexibility index (Phi) is 2.76. The van der Waals surface area contributed by atoms with Crippen LogP contribution in [0.3, 0.4) is 0 Å². The summed E-state index contributed by atoms with van der Waals surface area (Å²) in [4.78, 5) is 22.3. The minimum Gasteiger partial charge on any atom is -0.465 e. The van der Waals surface area contributed by atoms with E-state index in [1.807, 2.05) is 6.07 Å². The number of urea groups is 1. The number of amides is 2. The first-order valence-electron chi connectivity index (χ1n) is 4.93. The Morgan fingerprint density at radius 3 is 2.94 bits per heavy atom. The molecule has 5 heteroatoms. The zero-order chi connectivity index (χ0) is 11.5. The van der Waals surface area contributed by atoms with Gasteiger partial charge in [0.2, 0.25) is 0 Å². The minimum absolute atomic E-state index is 0.0860. The van der Waals surface area contributed by atoms with Crippen molar-refractivity contribution >= 4 is 12.0 Å². The summed E-state index contributed by atoms with van der Waals surface area (Å²) in [7, 11) is 1.34. The van der Waals surface area contributed by atoms with E-state index < -0.39 is 0 Å². The van der Waals surface area contributed by atoms with Crippen molar-refractivity contribution in [3.05, 3.63) is 35.4 Å². The average Bonchev–Trinajstić information content (AvgIpc) is 2.75. The summed E-state index contributed by atoms with van der Waals surface area (Å²) in [6.07, 6.45) is 0. The maximum Gasteiger partial charge on any atom is 0.337 e. The van der Waals surface area contributed by atoms with Gasteiger partial charge in [-0.15, -0.1) is 0 Å². The summed E-state index contributed by atoms with van der Waals surface area (Å²) in [6.45, 7) is 0.531. The molecule has 2 N–H and O–H groups in total. The SMILES string of the molecule is COC(=O)c1cccc([C@@H]2CNC(=O)N2)c1. The summed E-state index contributed by atoms with van der Waals surface area (Å²) in [5.74, 6) is -0.376. The smallest absolute Gasteiger partial charge is 0.337 e. The zero-order valence-corrected chi connectivity index (χ0v) is 8.82. The number of hydrogen-bond donors (Lipinski definition) is 2. The van der Waals surface area contributed by atoms with Crippen molar-refractivity contribution in [2.24, 2.45) is 0 Å². The van der Waals surface area contributed by atoms with Crippen LogP contribution in [0.4, 0.5) is 4.79 Å². The van der Waals surface area contributed by atoms with Crippen LogP contribution in [0, 0.1) is 0 Å². The van der Waals surface area contributed by atoms with Crippen molar-refractivity contribution in [3.63, 3.8) is 0 Å². The molecule has 0 spiro atoms. The fourth-order valence-corrected chi connectivity index (χ4v) is 1.66. The van der Waals surface area contributed by atoms with Gasteiger partial charge in [-0.3, -0.25) is 0 Å². The number of rotatable bonds is 2. The molecule has 0 unspecified atom stereocenters. The van der Waals surface area contributed by atoms with Gasteiger partial charge in [0.25, 0.3) is 0 Å². The van der Waals surface area contributed by atoms with Gasteiger partial charge in [0.15, 0.2) is 0 Å². The van der Waals surface area contributed by atoms with Crippen LogP contribution in [0.15, 0.2) is 24.3 Å². The van der Waals surface area contributed by atoms with Gasteiger partial charge in [0, 0.05) is 6.54 Å². The molecule has 0 radical (unpaired) electrons. The predicted molar refractivity (Wildman–Crippen MR) is 57.1 cm³/mol. The van der Waals surface area contributed by atoms with Crippen molar-refractivity contribution in [3.8, 4) is 0 Å². The van der Waals surface area contributed by atoms with Gasteiger partial charge < -0.3 is 15.4 Å². The molecule has 0 aliphatic carbocycles. The van der Waals surface area contributed by atoms with Gasteiger partial charge in [0.1, 0.15) is 0 Å². The molecule has 0 bridgehead atoms. The van der Waals surface area contributed by atoms with Crippen LogP contribution in [0.2, 0.25) is 0 Å². The second-order valence-corrected chi connectivity index (χ2v) is 3.52. The van der Waals surface area contributed by atoms with Crippen molar-refractivity contribution in [2.75, 3.05) is 13.7 Å². The number of ether oxygens (including phenoxy) is 1. The van der Waals surface area contributed by atoms with Crippen LogP contribution in [0.25, 0.3) is 0 Å². The quantitative estimate of drug-likeness (QED) is 0.725. The summed E-state index contributed by atoms with van der Waals surface area (Å²) >= 11 is 0. The molecule has 1 heterocycles. The van der Waals surface area contributed by atoms with E-state index in [2.05, 4.69) is 15.4 Å². The molecule has 1 atom stereocenters. The molecular weight excluding hydrogens is 208 g/mol. The predicted octanol–water partition coefficient (Wildman–Crippen LogP) is 0.827. The summed E-state index contributed by atoms with van der Waals surface area (Å²) < 4.78 is 4.63. The van der Waals surface area contributed by atoms with Crippen LogP contribution in [0.1, 0.15) is 22.0 Å². The van der Waals surface area contributed by atoms with Crippen LogP contribution in [0.5, 0.6) is 0 Å². The zero-order valence-electron chi connectivity index (χ0n) is 8.82. The molecule has 16 heavy (non-hydrogen) atoms. The number of carbonyl (C=O) groups is 2. The summed E-state index contributed by atoms with van der Waals surface area (Å²) in [5, 5.41) is 5.42. The first kappa shape index (κ1) is 10.5. The molecule has 1 saturated heterocycles. The lowest BCUT2D eigenvalue weighted by molar-refractivity contribution is 0.0600. The molecule has 1 aromatic carbocycles. The number of hydrogen-bond acceptors (Lipinski definition) is 3. The van der Waals surface area contributed by atoms with Gasteiger partial charge in [-0.05, 0) is 17.7 Å². The van der Waals surface area contributed by atoms with Crippen LogP contribution >= 0.6 is 0 Å². The van der Waals surface area contributed by atoms with Crippen molar-refractivity contribution in [1.29, 1.82) is 0 Å². The standard InChI is InChI=1S/C11H12N2O3/c1-16-10(14)8-4-2-3-7(5-8)9-6-12-11(15)13-9/h2-5,9H,6H2,1H3,(H2,12,13,15)/t9-/m0/s1. The topological polar surface area (TPSA) is 67.4 Å². The fourth-order valence-electron chi connectivity index (χ4n) is 1.66. The van der Waals surface area contributed by atoms with E-state index in [-0.39, 0.29) is 18.0 Å². The van der Waals surface area contributed by atoms with E-state index in [1.54, 1.807) is 18.2 Å². The lowest BCUT2D eigenvalue weighted by Crippen LogP contribution is -2.21. The highest BCUT2D eigenvalue weighted by atomic mass is 16.5. The Labute approximate surface area is 92.8 Å². The number of esters is 1. The van der Waals surface area contributed by atoms with Crippen molar-refractivity contribution in [1.82, 2.24) is 10.6 Å². The second kappa shape index (κ2) is 4.22. The Bertz CT molecular complexity index is 431. The maximum absolute atomic E-state index is 11.3. The largest absolute Gasteiger partial charge is 0.465 e. The van der Waals surface area contributed by atoms with Gasteiger partial charge >= 0.3 is 12.0 Å². The summed E-state index contributed by atoms with van der Waals surface area (Å²) in [5.41, 5.74) is 1.38. The highest BCUT2D eigenvalue weighted by Gasteiger charge is 2.22. The molecule has 1 aromatic rings.